The Morgan fingerprint density at radius 2 is 2.00 bits per heavy atom. The summed E-state index contributed by atoms with van der Waals surface area (Å²) >= 11 is 0. The molecule has 10 nitrogen and oxygen atoms in total. The largest absolute Gasteiger partial charge is 0.496 e. The molecule has 0 aliphatic heterocycles. The Morgan fingerprint density at radius 3 is 2.59 bits per heavy atom. The molecule has 1 aromatic carbocycles. The first-order valence-corrected chi connectivity index (χ1v) is 8.91. The lowest BCUT2D eigenvalue weighted by Crippen LogP contribution is -2.24. The summed E-state index contributed by atoms with van der Waals surface area (Å²) < 4.78 is 52.4. The van der Waals surface area contributed by atoms with Crippen LogP contribution >= 0.6 is 0 Å². The number of alkyl carbamates (subject to hydrolysis) is 1. The molecule has 13 heteroatoms. The first-order chi connectivity index (χ1) is 15.2. The van der Waals surface area contributed by atoms with Crippen LogP contribution in [0.4, 0.5) is 18.0 Å². The summed E-state index contributed by atoms with van der Waals surface area (Å²) in [7, 11) is 1.36. The Hall–Kier alpha value is -4.16. The van der Waals surface area contributed by atoms with Crippen molar-refractivity contribution in [2.45, 2.75) is 19.3 Å². The predicted octanol–water partition coefficient (Wildman–Crippen LogP) is 2.68. The smallest absolute Gasteiger partial charge is 0.471 e. The standard InChI is InChI=1S/C19H16F3N5O5/c1-30-14-6-11(16-26-17(32-27-16)19(20,21)22)3-4-12(14)8-25-18(29)31-9-10-2-5-13(15(23)28)24-7-10/h2-7H,8-9H2,1H3,(H2,23,28)(H,25,29). The first-order valence-electron chi connectivity index (χ1n) is 8.91. The highest BCUT2D eigenvalue weighted by Gasteiger charge is 2.38. The van der Waals surface area contributed by atoms with E-state index in [4.69, 9.17) is 15.2 Å². The molecular weight excluding hydrogens is 435 g/mol. The number of methoxy groups -OCH3 is 1. The van der Waals surface area contributed by atoms with Crippen molar-refractivity contribution in [1.82, 2.24) is 20.4 Å². The van der Waals surface area contributed by atoms with E-state index in [0.717, 1.165) is 0 Å². The van der Waals surface area contributed by atoms with Gasteiger partial charge in [0.25, 0.3) is 5.91 Å². The molecule has 0 atom stereocenters. The highest BCUT2D eigenvalue weighted by Crippen LogP contribution is 2.31. The number of ether oxygens (including phenoxy) is 2. The minimum atomic E-state index is -4.75. The Kier molecular flexibility index (Phi) is 6.56. The van der Waals surface area contributed by atoms with Crippen molar-refractivity contribution in [3.05, 3.63) is 59.2 Å². The molecule has 2 amide bonds. The average molecular weight is 451 g/mol. The zero-order valence-corrected chi connectivity index (χ0v) is 16.5. The molecule has 168 valence electrons. The highest BCUT2D eigenvalue weighted by molar-refractivity contribution is 5.90. The minimum absolute atomic E-state index is 0.0151. The quantitative estimate of drug-likeness (QED) is 0.558. The number of amides is 2. The number of nitrogens with two attached hydrogens (primary N) is 1. The number of halogens is 3. The van der Waals surface area contributed by atoms with Gasteiger partial charge in [-0.2, -0.15) is 18.2 Å². The lowest BCUT2D eigenvalue weighted by Gasteiger charge is -2.11. The summed E-state index contributed by atoms with van der Waals surface area (Å²) in [6.45, 7) is -0.0749. The molecule has 0 aliphatic rings. The Balaban J connectivity index is 1.59. The van der Waals surface area contributed by atoms with E-state index in [2.05, 4.69) is 25.0 Å². The lowest BCUT2D eigenvalue weighted by molar-refractivity contribution is -0.159. The monoisotopic (exact) mass is 451 g/mol. The van der Waals surface area contributed by atoms with Crippen LogP contribution < -0.4 is 15.8 Å². The van der Waals surface area contributed by atoms with Crippen LogP contribution in [-0.2, 0) is 24.1 Å². The molecule has 3 aromatic rings. The fourth-order valence-corrected chi connectivity index (χ4v) is 2.51. The van der Waals surface area contributed by atoms with Crippen molar-refractivity contribution >= 4 is 12.0 Å². The second kappa shape index (κ2) is 9.32. The molecule has 0 bridgehead atoms. The van der Waals surface area contributed by atoms with Gasteiger partial charge in [-0.3, -0.25) is 9.78 Å². The van der Waals surface area contributed by atoms with Gasteiger partial charge in [0.2, 0.25) is 5.82 Å². The molecule has 0 saturated heterocycles. The van der Waals surface area contributed by atoms with Crippen LogP contribution in [0.1, 0.15) is 27.5 Å². The van der Waals surface area contributed by atoms with Crippen molar-refractivity contribution < 1.29 is 36.8 Å². The number of benzene rings is 1. The van der Waals surface area contributed by atoms with E-state index < -0.39 is 24.1 Å². The normalized spacial score (nSPS) is 11.1. The predicted molar refractivity (Wildman–Crippen MR) is 101 cm³/mol. The van der Waals surface area contributed by atoms with Gasteiger partial charge in [0.15, 0.2) is 0 Å². The van der Waals surface area contributed by atoms with E-state index in [0.29, 0.717) is 11.1 Å². The maximum absolute atomic E-state index is 12.6. The molecule has 0 unspecified atom stereocenters. The van der Waals surface area contributed by atoms with Gasteiger partial charge in [-0.05, 0) is 12.1 Å². The van der Waals surface area contributed by atoms with Gasteiger partial charge in [0.05, 0.1) is 7.11 Å². The topological polar surface area (TPSA) is 142 Å². The molecule has 3 N–H and O–H groups in total. The number of pyridine rings is 1. The van der Waals surface area contributed by atoms with Gasteiger partial charge >= 0.3 is 18.2 Å². The van der Waals surface area contributed by atoms with Crippen molar-refractivity contribution in [3.63, 3.8) is 0 Å². The van der Waals surface area contributed by atoms with E-state index in [9.17, 15) is 22.8 Å². The summed E-state index contributed by atoms with van der Waals surface area (Å²) in [6, 6.07) is 7.36. The van der Waals surface area contributed by atoms with E-state index in [1.807, 2.05) is 0 Å². The second-order valence-corrected chi connectivity index (χ2v) is 6.29. The number of carbonyl (C=O) groups excluding carboxylic acids is 2. The number of nitrogens with one attached hydrogen (secondary N) is 1. The molecule has 0 aliphatic carbocycles. The van der Waals surface area contributed by atoms with Gasteiger partial charge in [0.1, 0.15) is 18.1 Å². The van der Waals surface area contributed by atoms with Crippen molar-refractivity contribution in [3.8, 4) is 17.1 Å². The van der Waals surface area contributed by atoms with Crippen LogP contribution in [-0.4, -0.2) is 34.2 Å². The van der Waals surface area contributed by atoms with Gasteiger partial charge in [-0.1, -0.05) is 23.4 Å². The molecule has 0 radical (unpaired) electrons. The number of aromatic nitrogens is 3. The number of primary amides is 1. The number of rotatable bonds is 7. The zero-order chi connectivity index (χ0) is 23.3. The van der Waals surface area contributed by atoms with Crippen LogP contribution in [0.3, 0.4) is 0 Å². The number of carbonyl (C=O) groups is 2. The Labute approximate surface area is 178 Å². The van der Waals surface area contributed by atoms with Gasteiger partial charge in [0, 0.05) is 29.4 Å². The minimum Gasteiger partial charge on any atom is -0.496 e. The number of hydrogen-bond acceptors (Lipinski definition) is 8. The van der Waals surface area contributed by atoms with E-state index in [-0.39, 0.29) is 36.0 Å². The fraction of sp³-hybridized carbons (Fsp3) is 0.211. The number of nitrogens with zero attached hydrogens (tertiary/aromatic N) is 3. The molecule has 32 heavy (non-hydrogen) atoms. The fourth-order valence-electron chi connectivity index (χ4n) is 2.51. The molecular formula is C19H16F3N5O5. The van der Waals surface area contributed by atoms with Crippen LogP contribution in [0.15, 0.2) is 41.1 Å². The Bertz CT molecular complexity index is 1120. The number of alkyl halides is 3. The van der Waals surface area contributed by atoms with Crippen LogP contribution in [0.2, 0.25) is 0 Å². The third-order valence-electron chi connectivity index (χ3n) is 4.08. The molecule has 2 aromatic heterocycles. The third kappa shape index (κ3) is 5.50. The second-order valence-electron chi connectivity index (χ2n) is 6.29. The lowest BCUT2D eigenvalue weighted by atomic mass is 10.1. The molecule has 0 saturated carbocycles. The SMILES string of the molecule is COc1cc(-c2noc(C(F)(F)F)n2)ccc1CNC(=O)OCc1ccc(C(N)=O)nc1. The molecule has 3 rings (SSSR count). The van der Waals surface area contributed by atoms with Crippen molar-refractivity contribution in [2.75, 3.05) is 7.11 Å². The Morgan fingerprint density at radius 1 is 1.22 bits per heavy atom. The van der Waals surface area contributed by atoms with E-state index in [1.54, 1.807) is 6.07 Å². The number of hydrogen-bond donors (Lipinski definition) is 2. The maximum Gasteiger partial charge on any atom is 0.471 e. The van der Waals surface area contributed by atoms with Crippen molar-refractivity contribution in [2.24, 2.45) is 5.73 Å². The highest BCUT2D eigenvalue weighted by atomic mass is 19.4. The first kappa shape index (κ1) is 22.5. The zero-order valence-electron chi connectivity index (χ0n) is 16.5. The maximum atomic E-state index is 12.6. The summed E-state index contributed by atoms with van der Waals surface area (Å²) in [6.07, 6.45) is -4.13. The summed E-state index contributed by atoms with van der Waals surface area (Å²) in [5.41, 5.74) is 6.50. The van der Waals surface area contributed by atoms with E-state index in [1.165, 1.54) is 37.6 Å². The molecule has 0 fully saturated rings. The average Bonchev–Trinajstić information content (AvgIpc) is 3.27. The van der Waals surface area contributed by atoms with Gasteiger partial charge in [-0.25, -0.2) is 4.79 Å². The summed E-state index contributed by atoms with van der Waals surface area (Å²) in [5, 5.41) is 5.84. The summed E-state index contributed by atoms with van der Waals surface area (Å²) in [5.74, 6) is -2.10. The van der Waals surface area contributed by atoms with Crippen LogP contribution in [0, 0.1) is 0 Å². The van der Waals surface area contributed by atoms with Gasteiger partial charge in [-0.15, -0.1) is 0 Å². The third-order valence-corrected chi connectivity index (χ3v) is 4.08. The summed E-state index contributed by atoms with van der Waals surface area (Å²) in [4.78, 5) is 30.1. The molecule has 2 heterocycles. The van der Waals surface area contributed by atoms with E-state index >= 15 is 0 Å². The van der Waals surface area contributed by atoms with Gasteiger partial charge < -0.3 is 25.0 Å². The van der Waals surface area contributed by atoms with Crippen molar-refractivity contribution in [1.29, 1.82) is 0 Å². The van der Waals surface area contributed by atoms with Crippen LogP contribution in [0.25, 0.3) is 11.4 Å². The van der Waals surface area contributed by atoms with Crippen LogP contribution in [0.5, 0.6) is 5.75 Å². The molecule has 0 spiro atoms.